The summed E-state index contributed by atoms with van der Waals surface area (Å²) < 4.78 is 39.4. The van der Waals surface area contributed by atoms with E-state index in [1.807, 2.05) is 60.7 Å². The molecule has 1 N–H and O–H groups in total. The zero-order valence-corrected chi connectivity index (χ0v) is 15.6. The number of imidazole rings is 1. The van der Waals surface area contributed by atoms with Crippen molar-refractivity contribution in [3.63, 3.8) is 0 Å². The van der Waals surface area contributed by atoms with E-state index in [1.54, 1.807) is 0 Å². The molecule has 7 heteroatoms. The maximum Gasteiger partial charge on any atom is 0.406 e. The van der Waals surface area contributed by atoms with Crippen LogP contribution >= 0.6 is 0 Å². The first-order valence-corrected chi connectivity index (χ1v) is 9.40. The van der Waals surface area contributed by atoms with Gasteiger partial charge in [0.2, 0.25) is 5.91 Å². The summed E-state index contributed by atoms with van der Waals surface area (Å²) in [6.45, 7) is -1.43. The molecule has 4 nitrogen and oxygen atoms in total. The fourth-order valence-corrected chi connectivity index (χ4v) is 3.59. The molecule has 1 aromatic heterocycles. The molecule has 0 spiro atoms. The number of benzene rings is 2. The predicted octanol–water partition coefficient (Wildman–Crippen LogP) is 4.77. The molecule has 0 saturated heterocycles. The topological polar surface area (TPSA) is 49.0 Å². The number of alkyl halides is 3. The molecule has 1 fully saturated rings. The van der Waals surface area contributed by atoms with Gasteiger partial charge in [-0.25, -0.2) is 4.98 Å². The number of nitrogens with zero attached hydrogens (tertiary/aromatic N) is 2. The van der Waals surface area contributed by atoms with Crippen LogP contribution in [0.25, 0.3) is 11.4 Å². The fraction of sp³-hybridized carbons (Fsp3) is 0.273. The summed E-state index contributed by atoms with van der Waals surface area (Å²) in [7, 11) is 0. The van der Waals surface area contributed by atoms with Crippen LogP contribution in [-0.4, -0.2) is 33.5 Å². The van der Waals surface area contributed by atoms with E-state index in [1.165, 1.54) is 6.20 Å². The number of aromatic amines is 1. The Morgan fingerprint density at radius 3 is 2.38 bits per heavy atom. The third-order valence-electron chi connectivity index (χ3n) is 5.05. The lowest BCUT2D eigenvalue weighted by Gasteiger charge is -2.23. The van der Waals surface area contributed by atoms with Gasteiger partial charge in [-0.1, -0.05) is 60.7 Å². The van der Waals surface area contributed by atoms with Crippen LogP contribution in [0.3, 0.4) is 0 Å². The normalized spacial score (nSPS) is 18.4. The Morgan fingerprint density at radius 1 is 1.07 bits per heavy atom. The number of hydrogen-bond acceptors (Lipinski definition) is 2. The highest BCUT2D eigenvalue weighted by molar-refractivity contribution is 5.83. The second-order valence-electron chi connectivity index (χ2n) is 7.29. The third kappa shape index (κ3) is 4.67. The van der Waals surface area contributed by atoms with Gasteiger partial charge in [0.15, 0.2) is 0 Å². The maximum absolute atomic E-state index is 13.1. The van der Waals surface area contributed by atoms with Crippen molar-refractivity contribution >= 4 is 5.91 Å². The second kappa shape index (κ2) is 7.73. The number of rotatable bonds is 6. The molecule has 0 aliphatic heterocycles. The summed E-state index contributed by atoms with van der Waals surface area (Å²) in [5.74, 6) is -0.321. The van der Waals surface area contributed by atoms with Crippen molar-refractivity contribution < 1.29 is 18.0 Å². The molecule has 3 aromatic rings. The highest BCUT2D eigenvalue weighted by atomic mass is 19.4. The first-order chi connectivity index (χ1) is 13.9. The first kappa shape index (κ1) is 19.2. The molecule has 0 bridgehead atoms. The van der Waals surface area contributed by atoms with Crippen molar-refractivity contribution in [3.05, 3.63) is 78.1 Å². The molecule has 150 valence electrons. The van der Waals surface area contributed by atoms with Crippen LogP contribution in [0.1, 0.15) is 23.6 Å². The number of aromatic nitrogens is 2. The van der Waals surface area contributed by atoms with Gasteiger partial charge in [-0.3, -0.25) is 4.79 Å². The van der Waals surface area contributed by atoms with Gasteiger partial charge in [-0.2, -0.15) is 13.2 Å². The molecule has 1 amide bonds. The number of carbonyl (C=O) groups is 1. The number of carbonyl (C=O) groups excluding carboxylic acids is 1. The van der Waals surface area contributed by atoms with Gasteiger partial charge >= 0.3 is 6.18 Å². The Bertz CT molecular complexity index is 970. The Balaban J connectivity index is 1.49. The van der Waals surface area contributed by atoms with Crippen molar-refractivity contribution in [2.45, 2.75) is 25.1 Å². The van der Waals surface area contributed by atoms with Crippen LogP contribution in [0.15, 0.2) is 66.9 Å². The van der Waals surface area contributed by atoms with Gasteiger partial charge in [0.25, 0.3) is 0 Å². The number of H-pyrrole nitrogens is 1. The lowest BCUT2D eigenvalue weighted by molar-refractivity contribution is -0.163. The molecular formula is C22H20F3N3O. The lowest BCUT2D eigenvalue weighted by atomic mass is 10.1. The molecular weight excluding hydrogens is 379 g/mol. The number of amides is 1. The van der Waals surface area contributed by atoms with E-state index >= 15 is 0 Å². The van der Waals surface area contributed by atoms with Crippen molar-refractivity contribution in [2.24, 2.45) is 5.92 Å². The molecule has 29 heavy (non-hydrogen) atoms. The van der Waals surface area contributed by atoms with Crippen LogP contribution in [0.2, 0.25) is 0 Å². The van der Waals surface area contributed by atoms with Gasteiger partial charge in [-0.15, -0.1) is 0 Å². The molecule has 2 atom stereocenters. The zero-order chi connectivity index (χ0) is 20.4. The van der Waals surface area contributed by atoms with Crippen LogP contribution in [-0.2, 0) is 11.3 Å². The van der Waals surface area contributed by atoms with Crippen LogP contribution in [0.4, 0.5) is 13.2 Å². The average molecular weight is 399 g/mol. The van der Waals surface area contributed by atoms with E-state index in [-0.39, 0.29) is 12.5 Å². The second-order valence-corrected chi connectivity index (χ2v) is 7.29. The fourth-order valence-electron chi connectivity index (χ4n) is 3.59. The predicted molar refractivity (Wildman–Crippen MR) is 103 cm³/mol. The molecule has 1 aliphatic rings. The van der Waals surface area contributed by atoms with E-state index in [2.05, 4.69) is 9.97 Å². The Morgan fingerprint density at radius 2 is 1.72 bits per heavy atom. The van der Waals surface area contributed by atoms with Gasteiger partial charge in [0.1, 0.15) is 12.4 Å². The average Bonchev–Trinajstić information content (AvgIpc) is 3.38. The quantitative estimate of drug-likeness (QED) is 0.649. The van der Waals surface area contributed by atoms with Crippen molar-refractivity contribution in [1.82, 2.24) is 14.9 Å². The monoisotopic (exact) mass is 399 g/mol. The van der Waals surface area contributed by atoms with Gasteiger partial charge in [-0.05, 0) is 17.9 Å². The smallest absolute Gasteiger partial charge is 0.340 e. The summed E-state index contributed by atoms with van der Waals surface area (Å²) in [5.41, 5.74) is 2.29. The van der Waals surface area contributed by atoms with Crippen LogP contribution in [0.5, 0.6) is 0 Å². The molecule has 0 unspecified atom stereocenters. The minimum atomic E-state index is -4.46. The van der Waals surface area contributed by atoms with Gasteiger partial charge in [0.05, 0.1) is 18.4 Å². The number of hydrogen-bond donors (Lipinski definition) is 1. The molecule has 0 radical (unpaired) electrons. The number of halogens is 3. The minimum Gasteiger partial charge on any atom is -0.340 e. The molecule has 4 rings (SSSR count). The lowest BCUT2D eigenvalue weighted by Crippen LogP contribution is -2.39. The summed E-state index contributed by atoms with van der Waals surface area (Å²) in [6, 6.07) is 18.7. The van der Waals surface area contributed by atoms with Crippen LogP contribution < -0.4 is 0 Å². The van der Waals surface area contributed by atoms with Gasteiger partial charge in [0, 0.05) is 11.5 Å². The zero-order valence-electron chi connectivity index (χ0n) is 15.6. The van der Waals surface area contributed by atoms with Gasteiger partial charge < -0.3 is 9.88 Å². The number of nitrogens with one attached hydrogen (secondary N) is 1. The first-order valence-electron chi connectivity index (χ1n) is 9.40. The summed E-state index contributed by atoms with van der Waals surface area (Å²) in [5, 5.41) is 0. The summed E-state index contributed by atoms with van der Waals surface area (Å²) in [6.07, 6.45) is -2.40. The van der Waals surface area contributed by atoms with E-state index < -0.39 is 24.5 Å². The van der Waals surface area contributed by atoms with E-state index in [9.17, 15) is 18.0 Å². The van der Waals surface area contributed by atoms with Crippen LogP contribution in [0, 0.1) is 5.92 Å². The maximum atomic E-state index is 13.1. The molecule has 1 aliphatic carbocycles. The summed E-state index contributed by atoms with van der Waals surface area (Å²) >= 11 is 0. The van der Waals surface area contributed by atoms with E-state index in [0.29, 0.717) is 17.9 Å². The van der Waals surface area contributed by atoms with Crippen molar-refractivity contribution in [3.8, 4) is 11.4 Å². The molecule has 1 heterocycles. The summed E-state index contributed by atoms with van der Waals surface area (Å²) in [4.78, 5) is 21.0. The molecule has 1 saturated carbocycles. The largest absolute Gasteiger partial charge is 0.406 e. The minimum absolute atomic E-state index is 0.0129. The van der Waals surface area contributed by atoms with E-state index in [4.69, 9.17) is 0 Å². The Hall–Kier alpha value is -3.09. The Kier molecular flexibility index (Phi) is 5.13. The van der Waals surface area contributed by atoms with Crippen molar-refractivity contribution in [2.75, 3.05) is 6.54 Å². The van der Waals surface area contributed by atoms with Crippen molar-refractivity contribution in [1.29, 1.82) is 0 Å². The highest BCUT2D eigenvalue weighted by Crippen LogP contribution is 2.48. The highest BCUT2D eigenvalue weighted by Gasteiger charge is 2.47. The standard InChI is InChI=1S/C22H20F3N3O/c23-22(24,25)14-28(21(29)19-11-18(19)15-7-3-1-4-8-15)13-17-12-26-20(27-17)16-9-5-2-6-10-16/h1-10,12,18-19H,11,13-14H2,(H,26,27)/t18-,19-/m0/s1. The third-order valence-corrected chi connectivity index (χ3v) is 5.05. The SMILES string of the molecule is O=C([C@H]1C[C@H]1c1ccccc1)N(Cc1cnc(-c2ccccc2)[nH]1)CC(F)(F)F. The molecule has 2 aromatic carbocycles. The van der Waals surface area contributed by atoms with E-state index in [0.717, 1.165) is 16.0 Å². The Labute approximate surface area is 166 Å².